The molecule has 0 saturated carbocycles. The van der Waals surface area contributed by atoms with Crippen molar-refractivity contribution in [3.05, 3.63) is 27.0 Å². The monoisotopic (exact) mass is 314 g/mol. The van der Waals surface area contributed by atoms with Gasteiger partial charge in [0.25, 0.3) is 0 Å². The van der Waals surface area contributed by atoms with Crippen LogP contribution in [-0.2, 0) is 0 Å². The van der Waals surface area contributed by atoms with Crippen molar-refractivity contribution in [3.8, 4) is 11.3 Å². The standard InChI is InChI=1S/C12H12Cl2N4S/c13-10-7-8(11(14)19-10)9-1-2-16-12(17-9)18-5-3-15-4-6-18/h1-2,7,15H,3-6H2. The maximum absolute atomic E-state index is 6.17. The first-order chi connectivity index (χ1) is 9.24. The maximum atomic E-state index is 6.17. The number of piperazine rings is 1. The van der Waals surface area contributed by atoms with Crippen molar-refractivity contribution in [2.75, 3.05) is 31.1 Å². The molecule has 3 heterocycles. The highest BCUT2D eigenvalue weighted by molar-refractivity contribution is 7.20. The van der Waals surface area contributed by atoms with Gasteiger partial charge in [-0.2, -0.15) is 0 Å². The number of rotatable bonds is 2. The molecule has 100 valence electrons. The molecule has 1 fully saturated rings. The lowest BCUT2D eigenvalue weighted by atomic mass is 10.2. The summed E-state index contributed by atoms with van der Waals surface area (Å²) in [6.07, 6.45) is 1.77. The van der Waals surface area contributed by atoms with Crippen LogP contribution in [-0.4, -0.2) is 36.1 Å². The molecule has 0 unspecified atom stereocenters. The molecule has 7 heteroatoms. The van der Waals surface area contributed by atoms with Crippen molar-refractivity contribution < 1.29 is 0 Å². The number of anilines is 1. The van der Waals surface area contributed by atoms with Crippen LogP contribution in [0.5, 0.6) is 0 Å². The predicted octanol–water partition coefficient (Wildman–Crippen LogP) is 2.92. The summed E-state index contributed by atoms with van der Waals surface area (Å²) in [5.41, 5.74) is 1.69. The third-order valence-electron chi connectivity index (χ3n) is 2.98. The predicted molar refractivity (Wildman–Crippen MR) is 80.4 cm³/mol. The largest absolute Gasteiger partial charge is 0.338 e. The molecule has 1 aliphatic heterocycles. The van der Waals surface area contributed by atoms with Crippen LogP contribution >= 0.6 is 34.5 Å². The van der Waals surface area contributed by atoms with E-state index < -0.39 is 0 Å². The van der Waals surface area contributed by atoms with Crippen LogP contribution in [0.2, 0.25) is 8.67 Å². The Morgan fingerprint density at radius 1 is 1.26 bits per heavy atom. The molecular weight excluding hydrogens is 303 g/mol. The van der Waals surface area contributed by atoms with Gasteiger partial charge in [-0.25, -0.2) is 9.97 Å². The van der Waals surface area contributed by atoms with Gasteiger partial charge in [-0.05, 0) is 12.1 Å². The topological polar surface area (TPSA) is 41.1 Å². The normalized spacial score (nSPS) is 15.8. The molecule has 0 atom stereocenters. The minimum absolute atomic E-state index is 0.662. The zero-order chi connectivity index (χ0) is 13.2. The zero-order valence-electron chi connectivity index (χ0n) is 10.1. The fraction of sp³-hybridized carbons (Fsp3) is 0.333. The van der Waals surface area contributed by atoms with E-state index in [2.05, 4.69) is 20.2 Å². The summed E-state index contributed by atoms with van der Waals surface area (Å²) in [6, 6.07) is 3.70. The molecule has 3 rings (SSSR count). The van der Waals surface area contributed by atoms with Gasteiger partial charge in [0.05, 0.1) is 10.0 Å². The van der Waals surface area contributed by atoms with E-state index in [4.69, 9.17) is 23.2 Å². The minimum atomic E-state index is 0.662. The maximum Gasteiger partial charge on any atom is 0.225 e. The molecule has 19 heavy (non-hydrogen) atoms. The molecule has 1 saturated heterocycles. The van der Waals surface area contributed by atoms with Gasteiger partial charge in [0.15, 0.2) is 0 Å². The molecule has 2 aromatic heterocycles. The van der Waals surface area contributed by atoms with Crippen LogP contribution < -0.4 is 10.2 Å². The number of hydrogen-bond donors (Lipinski definition) is 1. The summed E-state index contributed by atoms with van der Waals surface area (Å²) in [5.74, 6) is 0.748. The van der Waals surface area contributed by atoms with E-state index in [9.17, 15) is 0 Å². The average Bonchev–Trinajstić information content (AvgIpc) is 2.79. The molecule has 4 nitrogen and oxygen atoms in total. The third-order valence-corrected chi connectivity index (χ3v) is 4.46. The molecule has 1 N–H and O–H groups in total. The highest BCUT2D eigenvalue weighted by Crippen LogP contribution is 2.37. The lowest BCUT2D eigenvalue weighted by Gasteiger charge is -2.27. The number of hydrogen-bond acceptors (Lipinski definition) is 5. The first-order valence-corrected chi connectivity index (χ1v) is 7.55. The summed E-state index contributed by atoms with van der Waals surface area (Å²) in [5, 5.41) is 3.31. The third kappa shape index (κ3) is 2.84. The van der Waals surface area contributed by atoms with Gasteiger partial charge >= 0.3 is 0 Å². The van der Waals surface area contributed by atoms with E-state index in [1.54, 1.807) is 6.20 Å². The lowest BCUT2D eigenvalue weighted by molar-refractivity contribution is 0.580. The molecule has 0 bridgehead atoms. The van der Waals surface area contributed by atoms with E-state index in [1.165, 1.54) is 11.3 Å². The van der Waals surface area contributed by atoms with Crippen molar-refractivity contribution in [3.63, 3.8) is 0 Å². The number of halogens is 2. The van der Waals surface area contributed by atoms with Crippen LogP contribution in [0.3, 0.4) is 0 Å². The quantitative estimate of drug-likeness (QED) is 0.925. The average molecular weight is 315 g/mol. The molecular formula is C12H12Cl2N4S. The summed E-state index contributed by atoms with van der Waals surface area (Å²) >= 11 is 13.5. The highest BCUT2D eigenvalue weighted by Gasteiger charge is 2.15. The van der Waals surface area contributed by atoms with E-state index in [0.29, 0.717) is 8.67 Å². The first-order valence-electron chi connectivity index (χ1n) is 5.98. The van der Waals surface area contributed by atoms with Crippen LogP contribution in [0.15, 0.2) is 18.3 Å². The Morgan fingerprint density at radius 2 is 2.05 bits per heavy atom. The SMILES string of the molecule is Clc1cc(-c2ccnc(N3CCNCC3)n2)c(Cl)s1. The number of aromatic nitrogens is 2. The van der Waals surface area contributed by atoms with Gasteiger partial charge < -0.3 is 10.2 Å². The second kappa shape index (κ2) is 5.63. The molecule has 2 aromatic rings. The zero-order valence-corrected chi connectivity index (χ0v) is 12.4. The molecule has 0 spiro atoms. The Morgan fingerprint density at radius 3 is 2.74 bits per heavy atom. The van der Waals surface area contributed by atoms with Crippen molar-refractivity contribution in [1.29, 1.82) is 0 Å². The minimum Gasteiger partial charge on any atom is -0.338 e. The first kappa shape index (κ1) is 13.1. The molecule has 1 aliphatic rings. The number of nitrogens with one attached hydrogen (secondary N) is 1. The van der Waals surface area contributed by atoms with Crippen molar-refractivity contribution in [2.24, 2.45) is 0 Å². The van der Waals surface area contributed by atoms with Gasteiger partial charge in [0.2, 0.25) is 5.95 Å². The van der Waals surface area contributed by atoms with Gasteiger partial charge in [-0.1, -0.05) is 23.2 Å². The second-order valence-electron chi connectivity index (χ2n) is 4.22. The van der Waals surface area contributed by atoms with Crippen LogP contribution in [0.1, 0.15) is 0 Å². The van der Waals surface area contributed by atoms with E-state index in [1.807, 2.05) is 12.1 Å². The van der Waals surface area contributed by atoms with Crippen molar-refractivity contribution >= 4 is 40.5 Å². The Bertz CT molecular complexity index is 581. The molecule has 0 radical (unpaired) electrons. The van der Waals surface area contributed by atoms with Crippen molar-refractivity contribution in [1.82, 2.24) is 15.3 Å². The van der Waals surface area contributed by atoms with Crippen LogP contribution in [0, 0.1) is 0 Å². The lowest BCUT2D eigenvalue weighted by Crippen LogP contribution is -2.44. The van der Waals surface area contributed by atoms with Gasteiger partial charge in [0.1, 0.15) is 4.34 Å². The van der Waals surface area contributed by atoms with E-state index >= 15 is 0 Å². The molecule has 0 aliphatic carbocycles. The number of nitrogens with zero attached hydrogens (tertiary/aromatic N) is 3. The second-order valence-corrected chi connectivity index (χ2v) is 6.50. The molecule has 0 aromatic carbocycles. The van der Waals surface area contributed by atoms with Gasteiger partial charge in [-0.15, -0.1) is 11.3 Å². The van der Waals surface area contributed by atoms with Crippen LogP contribution in [0.4, 0.5) is 5.95 Å². The summed E-state index contributed by atoms with van der Waals surface area (Å²) < 4.78 is 1.33. The fourth-order valence-electron chi connectivity index (χ4n) is 2.03. The Kier molecular flexibility index (Phi) is 3.88. The van der Waals surface area contributed by atoms with Crippen LogP contribution in [0.25, 0.3) is 11.3 Å². The Labute approximate surface area is 125 Å². The van der Waals surface area contributed by atoms with E-state index in [-0.39, 0.29) is 0 Å². The van der Waals surface area contributed by atoms with Crippen molar-refractivity contribution in [2.45, 2.75) is 0 Å². The highest BCUT2D eigenvalue weighted by atomic mass is 35.5. The Balaban J connectivity index is 1.93. The summed E-state index contributed by atoms with van der Waals surface area (Å²) in [4.78, 5) is 11.1. The fourth-order valence-corrected chi connectivity index (χ4v) is 3.51. The Hall–Kier alpha value is -0.880. The van der Waals surface area contributed by atoms with Gasteiger partial charge in [0, 0.05) is 37.9 Å². The smallest absolute Gasteiger partial charge is 0.225 e. The molecule has 0 amide bonds. The summed E-state index contributed by atoms with van der Waals surface area (Å²) in [7, 11) is 0. The van der Waals surface area contributed by atoms with Gasteiger partial charge in [-0.3, -0.25) is 0 Å². The number of thiophene rings is 1. The summed E-state index contributed by atoms with van der Waals surface area (Å²) in [6.45, 7) is 3.75. The van der Waals surface area contributed by atoms with E-state index in [0.717, 1.165) is 43.4 Å².